The van der Waals surface area contributed by atoms with Crippen molar-refractivity contribution < 1.29 is 9.21 Å². The number of aromatic nitrogens is 1. The number of hydrogen-bond acceptors (Lipinski definition) is 4. The van der Waals surface area contributed by atoms with Crippen LogP contribution in [0.3, 0.4) is 0 Å². The van der Waals surface area contributed by atoms with Crippen LogP contribution in [0.2, 0.25) is 0 Å². The molecule has 2 heterocycles. The minimum absolute atomic E-state index is 0.00454. The highest BCUT2D eigenvalue weighted by Crippen LogP contribution is 2.30. The molecule has 0 radical (unpaired) electrons. The van der Waals surface area contributed by atoms with Crippen molar-refractivity contribution in [3.63, 3.8) is 0 Å². The second kappa shape index (κ2) is 6.92. The van der Waals surface area contributed by atoms with Gasteiger partial charge in [0.1, 0.15) is 5.76 Å². The second-order valence-corrected chi connectivity index (χ2v) is 6.99. The fraction of sp³-hybridized carbons (Fsp3) is 0.333. The first-order valence-electron chi connectivity index (χ1n) is 9.03. The first-order chi connectivity index (χ1) is 12.6. The Morgan fingerprint density at radius 3 is 2.85 bits per heavy atom. The number of amides is 1. The van der Waals surface area contributed by atoms with Crippen molar-refractivity contribution >= 4 is 16.8 Å². The van der Waals surface area contributed by atoms with Gasteiger partial charge in [0.05, 0.1) is 23.4 Å². The van der Waals surface area contributed by atoms with E-state index in [1.165, 1.54) is 0 Å². The van der Waals surface area contributed by atoms with Crippen LogP contribution in [0.5, 0.6) is 0 Å². The summed E-state index contributed by atoms with van der Waals surface area (Å²) in [7, 11) is 3.97. The molecule has 1 N–H and O–H groups in total. The van der Waals surface area contributed by atoms with E-state index in [4.69, 9.17) is 9.40 Å². The predicted molar refractivity (Wildman–Crippen MR) is 101 cm³/mol. The number of aryl methyl sites for hydroxylation is 1. The fourth-order valence-electron chi connectivity index (χ4n) is 3.77. The van der Waals surface area contributed by atoms with Crippen molar-refractivity contribution in [3.05, 3.63) is 65.2 Å². The van der Waals surface area contributed by atoms with Gasteiger partial charge in [0.15, 0.2) is 0 Å². The Hall–Kier alpha value is -2.66. The fourth-order valence-corrected chi connectivity index (χ4v) is 3.77. The molecule has 0 saturated carbocycles. The van der Waals surface area contributed by atoms with Gasteiger partial charge in [-0.1, -0.05) is 18.2 Å². The van der Waals surface area contributed by atoms with Gasteiger partial charge in [-0.25, -0.2) is 0 Å². The number of benzene rings is 1. The van der Waals surface area contributed by atoms with Gasteiger partial charge in [0.25, 0.3) is 5.91 Å². The summed E-state index contributed by atoms with van der Waals surface area (Å²) < 4.78 is 5.54. The summed E-state index contributed by atoms with van der Waals surface area (Å²) in [5, 5.41) is 4.06. The van der Waals surface area contributed by atoms with Gasteiger partial charge in [-0.15, -0.1) is 0 Å². The maximum atomic E-state index is 13.1. The standard InChI is InChI=1S/C21H23N3O2/c1-24(2)18(19-11-6-12-26-19)13-22-21(25)20-14-7-3-4-9-16(14)23-17-10-5-8-15(17)20/h3-4,6-7,9,11-12,18H,5,8,10,13H2,1-2H3,(H,22,25). The minimum Gasteiger partial charge on any atom is -0.468 e. The zero-order valence-electron chi connectivity index (χ0n) is 15.2. The summed E-state index contributed by atoms with van der Waals surface area (Å²) in [6, 6.07) is 11.7. The number of nitrogens with zero attached hydrogens (tertiary/aromatic N) is 2. The van der Waals surface area contributed by atoms with Crippen LogP contribution >= 0.6 is 0 Å². The molecule has 5 nitrogen and oxygen atoms in total. The van der Waals surface area contributed by atoms with Crippen molar-refractivity contribution in [2.24, 2.45) is 0 Å². The van der Waals surface area contributed by atoms with Gasteiger partial charge in [0.2, 0.25) is 0 Å². The summed E-state index contributed by atoms with van der Waals surface area (Å²) in [5.74, 6) is 0.820. The predicted octanol–water partition coefficient (Wildman–Crippen LogP) is 3.35. The molecule has 0 saturated heterocycles. The zero-order chi connectivity index (χ0) is 18.1. The molecule has 0 fully saturated rings. The normalized spacial score (nSPS) is 14.6. The SMILES string of the molecule is CN(C)C(CNC(=O)c1c2c(nc3ccccc13)CCC2)c1ccco1. The van der Waals surface area contributed by atoms with Gasteiger partial charge in [0, 0.05) is 17.6 Å². The Kier molecular flexibility index (Phi) is 4.47. The van der Waals surface area contributed by atoms with Crippen LogP contribution in [-0.2, 0) is 12.8 Å². The summed E-state index contributed by atoms with van der Waals surface area (Å²) in [4.78, 5) is 19.9. The van der Waals surface area contributed by atoms with Crippen LogP contribution in [0.15, 0.2) is 47.1 Å². The first-order valence-corrected chi connectivity index (χ1v) is 9.03. The number of rotatable bonds is 5. The molecule has 1 unspecified atom stereocenters. The van der Waals surface area contributed by atoms with E-state index in [1.54, 1.807) is 6.26 Å². The monoisotopic (exact) mass is 349 g/mol. The Labute approximate surface area is 153 Å². The number of para-hydroxylation sites is 1. The maximum Gasteiger partial charge on any atom is 0.252 e. The summed E-state index contributed by atoms with van der Waals surface area (Å²) >= 11 is 0. The lowest BCUT2D eigenvalue weighted by Crippen LogP contribution is -2.35. The third-order valence-corrected chi connectivity index (χ3v) is 5.10. The molecule has 3 aromatic rings. The Morgan fingerprint density at radius 1 is 1.23 bits per heavy atom. The lowest BCUT2D eigenvalue weighted by molar-refractivity contribution is 0.0940. The molecule has 1 aromatic carbocycles. The molecule has 26 heavy (non-hydrogen) atoms. The molecular weight excluding hydrogens is 326 g/mol. The minimum atomic E-state index is -0.0276. The lowest BCUT2D eigenvalue weighted by atomic mass is 10.0. The van der Waals surface area contributed by atoms with Crippen LogP contribution in [-0.4, -0.2) is 36.4 Å². The molecule has 4 rings (SSSR count). The lowest BCUT2D eigenvalue weighted by Gasteiger charge is -2.23. The summed E-state index contributed by atoms with van der Waals surface area (Å²) in [6.45, 7) is 0.491. The third kappa shape index (κ3) is 2.99. The van der Waals surface area contributed by atoms with Gasteiger partial charge in [-0.3, -0.25) is 14.7 Å². The molecule has 0 spiro atoms. The van der Waals surface area contributed by atoms with E-state index < -0.39 is 0 Å². The van der Waals surface area contributed by atoms with Gasteiger partial charge >= 0.3 is 0 Å². The van der Waals surface area contributed by atoms with E-state index in [2.05, 4.69) is 5.32 Å². The molecule has 0 bridgehead atoms. The van der Waals surface area contributed by atoms with Crippen LogP contribution in [0, 0.1) is 0 Å². The van der Waals surface area contributed by atoms with Crippen LogP contribution in [0.25, 0.3) is 10.9 Å². The molecule has 2 aromatic heterocycles. The van der Waals surface area contributed by atoms with E-state index in [-0.39, 0.29) is 11.9 Å². The first kappa shape index (κ1) is 16.8. The molecule has 1 atom stereocenters. The molecule has 1 aliphatic carbocycles. The van der Waals surface area contributed by atoms with Gasteiger partial charge < -0.3 is 9.73 Å². The average molecular weight is 349 g/mol. The molecule has 5 heteroatoms. The van der Waals surface area contributed by atoms with E-state index in [9.17, 15) is 4.79 Å². The number of furan rings is 1. The summed E-state index contributed by atoms with van der Waals surface area (Å²) in [6.07, 6.45) is 4.60. The maximum absolute atomic E-state index is 13.1. The molecule has 1 aliphatic rings. The number of pyridine rings is 1. The highest BCUT2D eigenvalue weighted by atomic mass is 16.3. The van der Waals surface area contributed by atoms with Gasteiger partial charge in [-0.05, 0) is 57.1 Å². The molecular formula is C21H23N3O2. The van der Waals surface area contributed by atoms with E-state index >= 15 is 0 Å². The summed E-state index contributed by atoms with van der Waals surface area (Å²) in [5.41, 5.74) is 3.87. The van der Waals surface area contributed by atoms with Crippen molar-refractivity contribution in [2.75, 3.05) is 20.6 Å². The van der Waals surface area contributed by atoms with Crippen molar-refractivity contribution in [1.82, 2.24) is 15.2 Å². The number of hydrogen-bond donors (Lipinski definition) is 1. The molecule has 1 amide bonds. The second-order valence-electron chi connectivity index (χ2n) is 6.99. The van der Waals surface area contributed by atoms with Crippen molar-refractivity contribution in [1.29, 1.82) is 0 Å². The Morgan fingerprint density at radius 2 is 2.08 bits per heavy atom. The van der Waals surface area contributed by atoms with Crippen LogP contribution < -0.4 is 5.32 Å². The number of nitrogens with one attached hydrogen (secondary N) is 1. The van der Waals surface area contributed by atoms with Crippen LogP contribution in [0.4, 0.5) is 0 Å². The van der Waals surface area contributed by atoms with Crippen LogP contribution in [0.1, 0.15) is 39.8 Å². The molecule has 0 aliphatic heterocycles. The van der Waals surface area contributed by atoms with Gasteiger partial charge in [-0.2, -0.15) is 0 Å². The Bertz CT molecular complexity index is 932. The highest BCUT2D eigenvalue weighted by molar-refractivity contribution is 6.07. The highest BCUT2D eigenvalue weighted by Gasteiger charge is 2.25. The zero-order valence-corrected chi connectivity index (χ0v) is 15.2. The third-order valence-electron chi connectivity index (χ3n) is 5.10. The smallest absolute Gasteiger partial charge is 0.252 e. The largest absolute Gasteiger partial charge is 0.468 e. The molecule has 134 valence electrons. The van der Waals surface area contributed by atoms with Crippen molar-refractivity contribution in [2.45, 2.75) is 25.3 Å². The topological polar surface area (TPSA) is 58.4 Å². The average Bonchev–Trinajstić information content (AvgIpc) is 3.30. The number of carbonyl (C=O) groups is 1. The van der Waals surface area contributed by atoms with E-state index in [1.807, 2.05) is 55.4 Å². The number of carbonyl (C=O) groups excluding carboxylic acids is 1. The Balaban J connectivity index is 1.64. The quantitative estimate of drug-likeness (QED) is 0.767. The van der Waals surface area contributed by atoms with E-state index in [0.29, 0.717) is 6.54 Å². The van der Waals surface area contributed by atoms with E-state index in [0.717, 1.165) is 52.7 Å². The number of likely N-dealkylation sites (N-methyl/N-ethyl adjacent to an activating group) is 1. The number of fused-ring (bicyclic) bond motifs is 2. The van der Waals surface area contributed by atoms with Crippen molar-refractivity contribution in [3.8, 4) is 0 Å².